The predicted molar refractivity (Wildman–Crippen MR) is 56.4 cm³/mol. The molecule has 0 saturated carbocycles. The van der Waals surface area contributed by atoms with E-state index in [1.807, 2.05) is 0 Å². The molecule has 0 aliphatic rings. The standard InChI is InChI=1S/C10H10N2O5/c13-7-8(10(15,16)17)11-12(9(7)14)6-4-2-1-3-5-6/h1-5,11,13,15-17H. The molecule has 0 spiro atoms. The van der Waals surface area contributed by atoms with Crippen LogP contribution in [0.2, 0.25) is 0 Å². The third-order valence-corrected chi connectivity index (χ3v) is 2.22. The Bertz CT molecular complexity index is 579. The van der Waals surface area contributed by atoms with Crippen molar-refractivity contribution in [1.29, 1.82) is 0 Å². The van der Waals surface area contributed by atoms with Crippen LogP contribution in [0.15, 0.2) is 35.1 Å². The fourth-order valence-corrected chi connectivity index (χ4v) is 1.42. The van der Waals surface area contributed by atoms with Gasteiger partial charge in [-0.05, 0) is 12.1 Å². The van der Waals surface area contributed by atoms with Crippen LogP contribution in [0.5, 0.6) is 5.75 Å². The molecule has 0 aliphatic carbocycles. The molecule has 17 heavy (non-hydrogen) atoms. The van der Waals surface area contributed by atoms with Crippen molar-refractivity contribution in [2.45, 2.75) is 5.97 Å². The summed E-state index contributed by atoms with van der Waals surface area (Å²) in [6, 6.07) is 8.17. The summed E-state index contributed by atoms with van der Waals surface area (Å²) in [7, 11) is 0. The van der Waals surface area contributed by atoms with Gasteiger partial charge in [0.1, 0.15) is 0 Å². The summed E-state index contributed by atoms with van der Waals surface area (Å²) in [5.41, 5.74) is -1.30. The van der Waals surface area contributed by atoms with Gasteiger partial charge in [0.15, 0.2) is 5.69 Å². The van der Waals surface area contributed by atoms with Gasteiger partial charge in [0.2, 0.25) is 5.75 Å². The Morgan fingerprint density at radius 2 is 1.71 bits per heavy atom. The lowest BCUT2D eigenvalue weighted by molar-refractivity contribution is -0.326. The highest BCUT2D eigenvalue weighted by molar-refractivity contribution is 5.35. The summed E-state index contributed by atoms with van der Waals surface area (Å²) < 4.78 is 0.877. The van der Waals surface area contributed by atoms with Crippen molar-refractivity contribution < 1.29 is 20.4 Å². The summed E-state index contributed by atoms with van der Waals surface area (Å²) in [6.07, 6.45) is 0. The molecule has 5 N–H and O–H groups in total. The minimum atomic E-state index is -3.30. The Morgan fingerprint density at radius 1 is 1.12 bits per heavy atom. The van der Waals surface area contributed by atoms with Gasteiger partial charge in [0.05, 0.1) is 5.69 Å². The van der Waals surface area contributed by atoms with Gasteiger partial charge in [-0.2, -0.15) is 0 Å². The average Bonchev–Trinajstić information content (AvgIpc) is 2.57. The first-order chi connectivity index (χ1) is 7.91. The summed E-state index contributed by atoms with van der Waals surface area (Å²) in [5.74, 6) is -4.26. The second kappa shape index (κ2) is 3.74. The lowest BCUT2D eigenvalue weighted by atomic mass is 10.3. The van der Waals surface area contributed by atoms with Crippen LogP contribution in [-0.4, -0.2) is 30.2 Å². The number of para-hydroxylation sites is 1. The fraction of sp³-hybridized carbons (Fsp3) is 0.100. The number of aromatic amines is 1. The van der Waals surface area contributed by atoms with Crippen LogP contribution in [0.3, 0.4) is 0 Å². The smallest absolute Gasteiger partial charge is 0.325 e. The van der Waals surface area contributed by atoms with E-state index >= 15 is 0 Å². The number of aliphatic hydroxyl groups is 3. The van der Waals surface area contributed by atoms with Crippen molar-refractivity contribution in [1.82, 2.24) is 9.78 Å². The SMILES string of the molecule is O=c1c(O)c(C(O)(O)O)[nH]n1-c1ccccc1. The maximum atomic E-state index is 11.6. The zero-order valence-electron chi connectivity index (χ0n) is 8.53. The Labute approximate surface area is 94.8 Å². The number of aromatic hydroxyl groups is 1. The molecule has 0 radical (unpaired) electrons. The molecular formula is C10H10N2O5. The molecule has 2 aromatic rings. The van der Waals surface area contributed by atoms with Crippen molar-refractivity contribution in [2.24, 2.45) is 0 Å². The summed E-state index contributed by atoms with van der Waals surface area (Å²) in [5, 5.41) is 38.3. The van der Waals surface area contributed by atoms with Gasteiger partial charge in [-0.3, -0.25) is 9.89 Å². The monoisotopic (exact) mass is 238 g/mol. The quantitative estimate of drug-likeness (QED) is 0.428. The van der Waals surface area contributed by atoms with E-state index in [9.17, 15) is 9.90 Å². The zero-order chi connectivity index (χ0) is 12.6. The van der Waals surface area contributed by atoms with Crippen LogP contribution < -0.4 is 5.56 Å². The Morgan fingerprint density at radius 3 is 2.18 bits per heavy atom. The van der Waals surface area contributed by atoms with E-state index in [0.717, 1.165) is 4.68 Å². The number of H-pyrrole nitrogens is 1. The Balaban J connectivity index is 2.63. The van der Waals surface area contributed by atoms with Crippen molar-refractivity contribution in [3.8, 4) is 11.4 Å². The van der Waals surface area contributed by atoms with Crippen molar-refractivity contribution in [3.05, 3.63) is 46.4 Å². The highest BCUT2D eigenvalue weighted by Crippen LogP contribution is 2.20. The summed E-state index contributed by atoms with van der Waals surface area (Å²) in [6.45, 7) is 0. The first-order valence-corrected chi connectivity index (χ1v) is 4.68. The van der Waals surface area contributed by atoms with Crippen molar-refractivity contribution >= 4 is 0 Å². The van der Waals surface area contributed by atoms with Gasteiger partial charge in [-0.15, -0.1) is 0 Å². The topological polar surface area (TPSA) is 119 Å². The van der Waals surface area contributed by atoms with Gasteiger partial charge in [-0.25, -0.2) is 4.68 Å². The minimum Gasteiger partial charge on any atom is -0.502 e. The molecule has 0 unspecified atom stereocenters. The number of nitrogens with one attached hydrogen (secondary N) is 1. The lowest BCUT2D eigenvalue weighted by Crippen LogP contribution is -2.24. The summed E-state index contributed by atoms with van der Waals surface area (Å²) in [4.78, 5) is 11.6. The normalized spacial score (nSPS) is 11.7. The molecule has 1 heterocycles. The Kier molecular flexibility index (Phi) is 2.50. The average molecular weight is 238 g/mol. The summed E-state index contributed by atoms with van der Waals surface area (Å²) >= 11 is 0. The second-order valence-corrected chi connectivity index (χ2v) is 3.45. The third-order valence-electron chi connectivity index (χ3n) is 2.22. The number of hydrogen-bond donors (Lipinski definition) is 5. The van der Waals surface area contributed by atoms with E-state index in [0.29, 0.717) is 5.69 Å². The molecule has 0 amide bonds. The van der Waals surface area contributed by atoms with Gasteiger partial charge in [-0.1, -0.05) is 18.2 Å². The van der Waals surface area contributed by atoms with E-state index in [4.69, 9.17) is 15.3 Å². The van der Waals surface area contributed by atoms with Crippen LogP contribution in [-0.2, 0) is 5.97 Å². The van der Waals surface area contributed by atoms with Gasteiger partial charge < -0.3 is 20.4 Å². The van der Waals surface area contributed by atoms with Crippen LogP contribution in [0.4, 0.5) is 0 Å². The van der Waals surface area contributed by atoms with Gasteiger partial charge >= 0.3 is 11.5 Å². The minimum absolute atomic E-state index is 0.378. The molecule has 2 rings (SSSR count). The largest absolute Gasteiger partial charge is 0.502 e. The number of nitrogens with zero attached hydrogens (tertiary/aromatic N) is 1. The van der Waals surface area contributed by atoms with Crippen molar-refractivity contribution in [3.63, 3.8) is 0 Å². The number of hydrogen-bond acceptors (Lipinski definition) is 5. The second-order valence-electron chi connectivity index (χ2n) is 3.45. The maximum absolute atomic E-state index is 11.6. The Hall–Kier alpha value is -2.09. The molecule has 0 bridgehead atoms. The highest BCUT2D eigenvalue weighted by Gasteiger charge is 2.31. The number of benzene rings is 1. The van der Waals surface area contributed by atoms with Crippen LogP contribution in [0.1, 0.15) is 5.69 Å². The zero-order valence-corrected chi connectivity index (χ0v) is 8.53. The van der Waals surface area contributed by atoms with Crippen LogP contribution in [0, 0.1) is 0 Å². The van der Waals surface area contributed by atoms with Crippen molar-refractivity contribution in [2.75, 3.05) is 0 Å². The number of rotatable bonds is 2. The van der Waals surface area contributed by atoms with E-state index in [1.54, 1.807) is 30.3 Å². The van der Waals surface area contributed by atoms with E-state index in [2.05, 4.69) is 5.10 Å². The molecule has 7 heteroatoms. The van der Waals surface area contributed by atoms with E-state index in [-0.39, 0.29) is 0 Å². The molecule has 1 aromatic carbocycles. The molecule has 90 valence electrons. The molecule has 0 aliphatic heterocycles. The molecule has 0 atom stereocenters. The fourth-order valence-electron chi connectivity index (χ4n) is 1.42. The molecular weight excluding hydrogens is 228 g/mol. The first kappa shape index (κ1) is 11.4. The number of aromatic nitrogens is 2. The van der Waals surface area contributed by atoms with Crippen LogP contribution in [0.25, 0.3) is 5.69 Å². The predicted octanol–water partition coefficient (Wildman–Crippen LogP) is -1.04. The third kappa shape index (κ3) is 1.94. The molecule has 0 saturated heterocycles. The van der Waals surface area contributed by atoms with Crippen LogP contribution >= 0.6 is 0 Å². The van der Waals surface area contributed by atoms with Gasteiger partial charge in [0.25, 0.3) is 0 Å². The lowest BCUT2D eigenvalue weighted by Gasteiger charge is -2.11. The molecule has 0 fully saturated rings. The molecule has 1 aromatic heterocycles. The maximum Gasteiger partial charge on any atom is 0.325 e. The van der Waals surface area contributed by atoms with Gasteiger partial charge in [0, 0.05) is 0 Å². The van der Waals surface area contributed by atoms with E-state index in [1.165, 1.54) is 0 Å². The molecule has 7 nitrogen and oxygen atoms in total. The van der Waals surface area contributed by atoms with E-state index < -0.39 is 23.0 Å². The first-order valence-electron chi connectivity index (χ1n) is 4.68. The highest BCUT2D eigenvalue weighted by atomic mass is 16.7.